The van der Waals surface area contributed by atoms with Gasteiger partial charge in [0.2, 0.25) is 0 Å². The molecule has 2 atom stereocenters. The number of nitrogens with zero attached hydrogens (tertiary/aromatic N) is 2. The summed E-state index contributed by atoms with van der Waals surface area (Å²) in [4.78, 5) is 12.1. The normalized spacial score (nSPS) is 20.6. The molecule has 1 saturated heterocycles. The lowest BCUT2D eigenvalue weighted by atomic mass is 10.00. The molecular weight excluding hydrogens is 282 g/mol. The van der Waals surface area contributed by atoms with Crippen molar-refractivity contribution >= 4 is 29.5 Å². The number of rotatable bonds is 5. The number of hydrogen-bond donors (Lipinski definition) is 1. The van der Waals surface area contributed by atoms with Gasteiger partial charge in [-0.3, -0.25) is 4.79 Å². The van der Waals surface area contributed by atoms with Crippen LogP contribution in [0, 0.1) is 0 Å². The van der Waals surface area contributed by atoms with E-state index in [2.05, 4.69) is 29.4 Å². The maximum absolute atomic E-state index is 12.1. The average Bonchev–Trinajstić information content (AvgIpc) is 2.87. The van der Waals surface area contributed by atoms with E-state index in [4.69, 9.17) is 0 Å². The Morgan fingerprint density at radius 2 is 2.26 bits per heavy atom. The Hall–Kier alpha value is -0.520. The van der Waals surface area contributed by atoms with Crippen LogP contribution in [0.5, 0.6) is 0 Å². The number of ketones is 1. The van der Waals surface area contributed by atoms with Crippen LogP contribution in [-0.2, 0) is 11.2 Å². The summed E-state index contributed by atoms with van der Waals surface area (Å²) in [7, 11) is 0. The smallest absolute Gasteiger partial charge is 0.156 e. The van der Waals surface area contributed by atoms with Crippen molar-refractivity contribution < 1.29 is 4.79 Å². The van der Waals surface area contributed by atoms with Crippen LogP contribution in [0.3, 0.4) is 0 Å². The lowest BCUT2D eigenvalue weighted by Gasteiger charge is -2.21. The fraction of sp³-hybridized carbons (Fsp3) is 0.769. The van der Waals surface area contributed by atoms with E-state index in [0.29, 0.717) is 12.3 Å². The lowest BCUT2D eigenvalue weighted by Crippen LogP contribution is -2.41. The summed E-state index contributed by atoms with van der Waals surface area (Å²) in [6.07, 6.45) is 4.80. The van der Waals surface area contributed by atoms with E-state index in [1.165, 1.54) is 6.42 Å². The van der Waals surface area contributed by atoms with E-state index in [1.807, 2.05) is 0 Å². The molecule has 4 nitrogen and oxygen atoms in total. The molecule has 1 aliphatic rings. The van der Waals surface area contributed by atoms with Crippen LogP contribution in [0.15, 0.2) is 0 Å². The molecule has 2 rings (SSSR count). The van der Waals surface area contributed by atoms with Crippen molar-refractivity contribution in [3.8, 4) is 0 Å². The number of Topliss-reactive ketones (excluding diaryl/α,β-unsaturated/α-hetero) is 1. The predicted octanol–water partition coefficient (Wildman–Crippen LogP) is 2.73. The van der Waals surface area contributed by atoms with E-state index >= 15 is 0 Å². The van der Waals surface area contributed by atoms with Gasteiger partial charge in [-0.15, -0.1) is 33.9 Å². The summed E-state index contributed by atoms with van der Waals surface area (Å²) in [5.74, 6) is 0.709. The van der Waals surface area contributed by atoms with Crippen LogP contribution >= 0.6 is 23.7 Å². The van der Waals surface area contributed by atoms with E-state index in [-0.39, 0.29) is 24.2 Å². The van der Waals surface area contributed by atoms with Gasteiger partial charge in [0.25, 0.3) is 0 Å². The van der Waals surface area contributed by atoms with Crippen molar-refractivity contribution in [2.24, 2.45) is 0 Å². The van der Waals surface area contributed by atoms with Crippen molar-refractivity contribution in [3.63, 3.8) is 0 Å². The molecule has 108 valence electrons. The first kappa shape index (κ1) is 16.5. The molecule has 2 heterocycles. The maximum atomic E-state index is 12.1. The Kier molecular flexibility index (Phi) is 6.89. The van der Waals surface area contributed by atoms with Crippen molar-refractivity contribution in [1.29, 1.82) is 0 Å². The molecule has 0 radical (unpaired) electrons. The minimum absolute atomic E-state index is 0. The van der Waals surface area contributed by atoms with Crippen LogP contribution in [0.1, 0.15) is 55.5 Å². The molecule has 6 heteroatoms. The molecule has 1 aromatic heterocycles. The van der Waals surface area contributed by atoms with E-state index in [9.17, 15) is 4.79 Å². The van der Waals surface area contributed by atoms with Gasteiger partial charge in [0.15, 0.2) is 5.78 Å². The minimum atomic E-state index is 0. The molecular formula is C13H22ClN3OS. The fourth-order valence-electron chi connectivity index (χ4n) is 2.11. The molecule has 0 spiro atoms. The number of nitrogens with one attached hydrogen (secondary N) is 1. The number of aromatic nitrogens is 2. The molecule has 0 bridgehead atoms. The minimum Gasteiger partial charge on any atom is -0.307 e. The topological polar surface area (TPSA) is 54.9 Å². The van der Waals surface area contributed by atoms with Crippen molar-refractivity contribution in [2.75, 3.05) is 6.54 Å². The van der Waals surface area contributed by atoms with E-state index in [1.54, 1.807) is 11.3 Å². The second kappa shape index (κ2) is 7.92. The van der Waals surface area contributed by atoms with Crippen LogP contribution in [0.25, 0.3) is 0 Å². The van der Waals surface area contributed by atoms with E-state index in [0.717, 1.165) is 35.8 Å². The Morgan fingerprint density at radius 1 is 1.47 bits per heavy atom. The lowest BCUT2D eigenvalue weighted by molar-refractivity contribution is -0.120. The standard InChI is InChI=1S/C13H21N3OS.ClH/c1-3-9(2)13-16-15-12(18-13)8-11(17)10-6-4-5-7-14-10;/h9-10,14H,3-8H2,1-2H3;1H/t9?,10-;/m0./s1. The van der Waals surface area contributed by atoms with Gasteiger partial charge >= 0.3 is 0 Å². The van der Waals surface area contributed by atoms with Gasteiger partial charge in [-0.1, -0.05) is 20.3 Å². The Bertz CT molecular complexity index is 404. The SMILES string of the molecule is CCC(C)c1nnc(CC(=O)[C@@H]2CCCCN2)s1.Cl. The van der Waals surface area contributed by atoms with Crippen LogP contribution in [0.2, 0.25) is 0 Å². The predicted molar refractivity (Wildman–Crippen MR) is 80.2 cm³/mol. The third-order valence-corrected chi connectivity index (χ3v) is 4.70. The van der Waals surface area contributed by atoms with Crippen molar-refractivity contribution in [2.45, 2.75) is 57.9 Å². The average molecular weight is 304 g/mol. The molecule has 1 aliphatic heterocycles. The molecule has 0 aliphatic carbocycles. The van der Waals surface area contributed by atoms with Gasteiger partial charge in [-0.25, -0.2) is 0 Å². The second-order valence-electron chi connectivity index (χ2n) is 4.99. The quantitative estimate of drug-likeness (QED) is 0.909. The number of piperidine rings is 1. The first-order chi connectivity index (χ1) is 8.70. The Morgan fingerprint density at radius 3 is 2.89 bits per heavy atom. The monoisotopic (exact) mass is 303 g/mol. The highest BCUT2D eigenvalue weighted by Crippen LogP contribution is 2.23. The van der Waals surface area contributed by atoms with Crippen molar-refractivity contribution in [3.05, 3.63) is 10.0 Å². The molecule has 1 N–H and O–H groups in total. The van der Waals surface area contributed by atoms with Crippen LogP contribution in [-0.4, -0.2) is 28.6 Å². The molecule has 1 aromatic rings. The van der Waals surface area contributed by atoms with E-state index < -0.39 is 0 Å². The second-order valence-corrected chi connectivity index (χ2v) is 6.08. The third-order valence-electron chi connectivity index (χ3n) is 3.54. The molecule has 19 heavy (non-hydrogen) atoms. The van der Waals surface area contributed by atoms with Gasteiger partial charge < -0.3 is 5.32 Å². The number of halogens is 1. The molecule has 0 saturated carbocycles. The summed E-state index contributed by atoms with van der Waals surface area (Å²) in [5.41, 5.74) is 0. The van der Waals surface area contributed by atoms with Crippen molar-refractivity contribution in [1.82, 2.24) is 15.5 Å². The van der Waals surface area contributed by atoms with Crippen LogP contribution < -0.4 is 5.32 Å². The highest BCUT2D eigenvalue weighted by Gasteiger charge is 2.22. The summed E-state index contributed by atoms with van der Waals surface area (Å²) in [6.45, 7) is 5.25. The van der Waals surface area contributed by atoms with Gasteiger partial charge in [-0.2, -0.15) is 0 Å². The zero-order valence-electron chi connectivity index (χ0n) is 11.5. The largest absolute Gasteiger partial charge is 0.307 e. The van der Waals surface area contributed by atoms with Gasteiger partial charge in [-0.05, 0) is 25.8 Å². The number of hydrogen-bond acceptors (Lipinski definition) is 5. The molecule has 0 amide bonds. The Labute approximate surface area is 124 Å². The highest BCUT2D eigenvalue weighted by molar-refractivity contribution is 7.11. The third kappa shape index (κ3) is 4.51. The Balaban J connectivity index is 0.00000180. The summed E-state index contributed by atoms with van der Waals surface area (Å²) in [5, 5.41) is 13.5. The van der Waals surface area contributed by atoms with Gasteiger partial charge in [0.05, 0.1) is 12.5 Å². The molecule has 0 aromatic carbocycles. The first-order valence-corrected chi connectivity index (χ1v) is 7.60. The first-order valence-electron chi connectivity index (χ1n) is 6.79. The van der Waals surface area contributed by atoms with Gasteiger partial charge in [0.1, 0.15) is 10.0 Å². The van der Waals surface area contributed by atoms with Gasteiger partial charge in [0, 0.05) is 5.92 Å². The maximum Gasteiger partial charge on any atom is 0.156 e. The highest BCUT2D eigenvalue weighted by atomic mass is 35.5. The van der Waals surface area contributed by atoms with Crippen LogP contribution in [0.4, 0.5) is 0 Å². The fourth-order valence-corrected chi connectivity index (χ4v) is 3.10. The summed E-state index contributed by atoms with van der Waals surface area (Å²) >= 11 is 1.59. The summed E-state index contributed by atoms with van der Waals surface area (Å²) in [6, 6.07) is 0.0368. The number of carbonyl (C=O) groups excluding carboxylic acids is 1. The zero-order chi connectivity index (χ0) is 13.0. The molecule has 1 unspecified atom stereocenters. The zero-order valence-corrected chi connectivity index (χ0v) is 13.1. The summed E-state index contributed by atoms with van der Waals surface area (Å²) < 4.78 is 0. The number of carbonyl (C=O) groups is 1. The molecule has 1 fully saturated rings.